The Hall–Kier alpha value is -2.04. The van der Waals surface area contributed by atoms with Crippen LogP contribution in [0.15, 0.2) is 24.3 Å². The zero-order valence-electron chi connectivity index (χ0n) is 12.8. The normalized spacial score (nSPS) is 12.0. The summed E-state index contributed by atoms with van der Waals surface area (Å²) >= 11 is 0. The molecule has 0 aromatic heterocycles. The minimum atomic E-state index is -0.925. The zero-order chi connectivity index (χ0) is 15.8. The largest absolute Gasteiger partial charge is 0.496 e. The van der Waals surface area contributed by atoms with Crippen LogP contribution in [-0.4, -0.2) is 30.6 Å². The van der Waals surface area contributed by atoms with Gasteiger partial charge in [-0.25, -0.2) is 0 Å². The highest BCUT2D eigenvalue weighted by atomic mass is 16.5. The van der Waals surface area contributed by atoms with Crippen molar-refractivity contribution in [3.05, 3.63) is 29.8 Å². The van der Waals surface area contributed by atoms with Gasteiger partial charge in [-0.05, 0) is 24.0 Å². The minimum absolute atomic E-state index is 0.115. The monoisotopic (exact) mass is 293 g/mol. The number of carbonyl (C=O) groups is 2. The van der Waals surface area contributed by atoms with Crippen LogP contribution in [-0.2, 0) is 16.0 Å². The molecule has 21 heavy (non-hydrogen) atoms. The smallest absolute Gasteiger partial charge is 0.308 e. The van der Waals surface area contributed by atoms with Gasteiger partial charge in [-0.2, -0.15) is 0 Å². The lowest BCUT2D eigenvalue weighted by molar-refractivity contribution is -0.141. The number of aliphatic carboxylic acids is 1. The van der Waals surface area contributed by atoms with Crippen molar-refractivity contribution in [3.63, 3.8) is 0 Å². The molecule has 1 aromatic rings. The van der Waals surface area contributed by atoms with Crippen LogP contribution in [0.2, 0.25) is 0 Å². The Morgan fingerprint density at radius 1 is 1.29 bits per heavy atom. The first-order valence-corrected chi connectivity index (χ1v) is 7.05. The maximum absolute atomic E-state index is 11.6. The number of para-hydroxylation sites is 1. The first kappa shape index (κ1) is 17.0. The van der Waals surface area contributed by atoms with E-state index in [1.54, 1.807) is 13.2 Å². The summed E-state index contributed by atoms with van der Waals surface area (Å²) in [5.74, 6) is -0.792. The predicted molar refractivity (Wildman–Crippen MR) is 80.3 cm³/mol. The van der Waals surface area contributed by atoms with Crippen LogP contribution in [0.1, 0.15) is 25.8 Å². The summed E-state index contributed by atoms with van der Waals surface area (Å²) in [6, 6.07) is 7.31. The highest BCUT2D eigenvalue weighted by molar-refractivity contribution is 5.77. The number of hydrogen-bond acceptors (Lipinski definition) is 3. The molecule has 1 atom stereocenters. The fraction of sp³-hybridized carbons (Fsp3) is 0.500. The first-order chi connectivity index (χ1) is 9.93. The van der Waals surface area contributed by atoms with E-state index < -0.39 is 11.9 Å². The van der Waals surface area contributed by atoms with Gasteiger partial charge >= 0.3 is 5.97 Å². The van der Waals surface area contributed by atoms with E-state index in [2.05, 4.69) is 5.32 Å². The summed E-state index contributed by atoms with van der Waals surface area (Å²) in [6.45, 7) is 4.02. The van der Waals surface area contributed by atoms with Gasteiger partial charge in [0.05, 0.1) is 13.0 Å². The number of benzene rings is 1. The van der Waals surface area contributed by atoms with Gasteiger partial charge in [0.1, 0.15) is 5.75 Å². The number of carboxylic acids is 1. The van der Waals surface area contributed by atoms with Gasteiger partial charge in [0.15, 0.2) is 0 Å². The molecule has 0 radical (unpaired) electrons. The van der Waals surface area contributed by atoms with E-state index >= 15 is 0 Å². The second-order valence-corrected chi connectivity index (χ2v) is 5.45. The Morgan fingerprint density at radius 3 is 2.52 bits per heavy atom. The number of amides is 1. The van der Waals surface area contributed by atoms with Gasteiger partial charge in [-0.3, -0.25) is 9.59 Å². The molecular formula is C16H23NO4. The van der Waals surface area contributed by atoms with Crippen molar-refractivity contribution < 1.29 is 19.4 Å². The second-order valence-electron chi connectivity index (χ2n) is 5.45. The number of carbonyl (C=O) groups excluding carboxylic acids is 1. The molecule has 116 valence electrons. The molecule has 1 rings (SSSR count). The average Bonchev–Trinajstić information content (AvgIpc) is 2.42. The highest BCUT2D eigenvalue weighted by Crippen LogP contribution is 2.21. The maximum atomic E-state index is 11.6. The van der Waals surface area contributed by atoms with Gasteiger partial charge in [0, 0.05) is 13.0 Å². The van der Waals surface area contributed by atoms with E-state index in [0.29, 0.717) is 18.6 Å². The van der Waals surface area contributed by atoms with Crippen LogP contribution < -0.4 is 10.1 Å². The molecule has 0 fully saturated rings. The zero-order valence-corrected chi connectivity index (χ0v) is 12.8. The van der Waals surface area contributed by atoms with E-state index in [0.717, 1.165) is 5.56 Å². The molecule has 0 heterocycles. The number of nitrogens with one attached hydrogen (secondary N) is 1. The second kappa shape index (κ2) is 8.29. The summed E-state index contributed by atoms with van der Waals surface area (Å²) in [5.41, 5.74) is 0.825. The van der Waals surface area contributed by atoms with Gasteiger partial charge < -0.3 is 15.2 Å². The van der Waals surface area contributed by atoms with Crippen molar-refractivity contribution in [1.29, 1.82) is 0 Å². The first-order valence-electron chi connectivity index (χ1n) is 7.05. The highest BCUT2D eigenvalue weighted by Gasteiger charge is 2.20. The van der Waals surface area contributed by atoms with Crippen LogP contribution in [0, 0.1) is 11.8 Å². The molecule has 0 bridgehead atoms. The summed E-state index contributed by atoms with van der Waals surface area (Å²) < 4.78 is 5.22. The fourth-order valence-corrected chi connectivity index (χ4v) is 2.06. The van der Waals surface area contributed by atoms with E-state index in [4.69, 9.17) is 4.74 Å². The van der Waals surface area contributed by atoms with Crippen LogP contribution >= 0.6 is 0 Å². The summed E-state index contributed by atoms with van der Waals surface area (Å²) in [4.78, 5) is 23.0. The number of hydrogen-bond donors (Lipinski definition) is 2. The van der Waals surface area contributed by atoms with Crippen molar-refractivity contribution in [1.82, 2.24) is 5.32 Å². The third-order valence-electron chi connectivity index (χ3n) is 3.15. The van der Waals surface area contributed by atoms with Gasteiger partial charge in [0.25, 0.3) is 0 Å². The van der Waals surface area contributed by atoms with Crippen LogP contribution in [0.5, 0.6) is 5.75 Å². The van der Waals surface area contributed by atoms with Crippen molar-refractivity contribution >= 4 is 11.9 Å². The van der Waals surface area contributed by atoms with Crippen LogP contribution in [0.3, 0.4) is 0 Å². The molecule has 0 spiro atoms. The lowest BCUT2D eigenvalue weighted by Crippen LogP contribution is -2.34. The predicted octanol–water partition coefficient (Wildman–Crippen LogP) is 2.10. The Labute approximate surface area is 125 Å². The van der Waals surface area contributed by atoms with E-state index in [-0.39, 0.29) is 18.4 Å². The van der Waals surface area contributed by atoms with Crippen molar-refractivity contribution in [2.75, 3.05) is 13.7 Å². The fourth-order valence-electron chi connectivity index (χ4n) is 2.06. The summed E-state index contributed by atoms with van der Waals surface area (Å²) in [7, 11) is 1.55. The molecule has 0 saturated carbocycles. The number of carboxylic acid groups (broad SMARTS) is 1. The minimum Gasteiger partial charge on any atom is -0.496 e. The molecule has 1 aromatic carbocycles. The molecule has 1 amide bonds. The molecule has 0 aliphatic rings. The van der Waals surface area contributed by atoms with Crippen molar-refractivity contribution in [3.8, 4) is 5.75 Å². The van der Waals surface area contributed by atoms with E-state index in [1.807, 2.05) is 32.0 Å². The topological polar surface area (TPSA) is 75.6 Å². The summed E-state index contributed by atoms with van der Waals surface area (Å²) in [6.07, 6.45) is 0.725. The number of methoxy groups -OCH3 is 1. The Bertz CT molecular complexity index is 485. The third kappa shape index (κ3) is 5.85. The molecule has 2 N–H and O–H groups in total. The molecule has 0 aliphatic carbocycles. The molecular weight excluding hydrogens is 270 g/mol. The lowest BCUT2D eigenvalue weighted by Gasteiger charge is -2.16. The SMILES string of the molecule is COc1ccccc1CC(CNC(=O)CC(C)C)C(=O)O. The van der Waals surface area contributed by atoms with Gasteiger partial charge in [0.2, 0.25) is 5.91 Å². The lowest BCUT2D eigenvalue weighted by atomic mass is 9.98. The van der Waals surface area contributed by atoms with Crippen LogP contribution in [0.4, 0.5) is 0 Å². The summed E-state index contributed by atoms with van der Waals surface area (Å²) in [5, 5.41) is 12.0. The van der Waals surface area contributed by atoms with Gasteiger partial charge in [-0.1, -0.05) is 32.0 Å². The third-order valence-corrected chi connectivity index (χ3v) is 3.15. The van der Waals surface area contributed by atoms with Gasteiger partial charge in [-0.15, -0.1) is 0 Å². The van der Waals surface area contributed by atoms with Crippen molar-refractivity contribution in [2.24, 2.45) is 11.8 Å². The molecule has 0 aliphatic heterocycles. The number of rotatable bonds is 8. The number of ether oxygens (including phenoxy) is 1. The Kier molecular flexibility index (Phi) is 6.72. The van der Waals surface area contributed by atoms with Crippen LogP contribution in [0.25, 0.3) is 0 Å². The van der Waals surface area contributed by atoms with E-state index in [9.17, 15) is 14.7 Å². The molecule has 5 heteroatoms. The average molecular weight is 293 g/mol. The van der Waals surface area contributed by atoms with E-state index in [1.165, 1.54) is 0 Å². The standard InChI is InChI=1S/C16H23NO4/c1-11(2)8-15(18)17-10-13(16(19)20)9-12-6-4-5-7-14(12)21-3/h4-7,11,13H,8-10H2,1-3H3,(H,17,18)(H,19,20). The molecule has 5 nitrogen and oxygen atoms in total. The molecule has 0 saturated heterocycles. The van der Waals surface area contributed by atoms with Crippen molar-refractivity contribution in [2.45, 2.75) is 26.7 Å². The Morgan fingerprint density at radius 2 is 1.95 bits per heavy atom. The Balaban J connectivity index is 2.66. The maximum Gasteiger partial charge on any atom is 0.308 e. The molecule has 1 unspecified atom stereocenters. The quantitative estimate of drug-likeness (QED) is 0.769.